The number of nitrogens with one attached hydrogen (secondary N) is 1. The Bertz CT molecular complexity index is 993. The van der Waals surface area contributed by atoms with Gasteiger partial charge in [0.05, 0.1) is 0 Å². The van der Waals surface area contributed by atoms with Gasteiger partial charge in [-0.1, -0.05) is 30.3 Å². The van der Waals surface area contributed by atoms with Crippen LogP contribution in [0.1, 0.15) is 23.1 Å². The monoisotopic (exact) mass is 421 g/mol. The second kappa shape index (κ2) is 8.49. The minimum Gasteiger partial charge on any atom is -0.454 e. The van der Waals surface area contributed by atoms with Gasteiger partial charge in [0.15, 0.2) is 11.5 Å². The zero-order valence-electron chi connectivity index (χ0n) is 17.5. The van der Waals surface area contributed by atoms with Gasteiger partial charge < -0.3 is 24.6 Å². The third-order valence-electron chi connectivity index (χ3n) is 6.40. The van der Waals surface area contributed by atoms with E-state index in [1.165, 1.54) is 11.1 Å². The Morgan fingerprint density at radius 1 is 1.13 bits per heavy atom. The average Bonchev–Trinajstić information content (AvgIpc) is 3.44. The Hall–Kier alpha value is -3.22. The van der Waals surface area contributed by atoms with Crippen LogP contribution in [-0.4, -0.2) is 54.7 Å². The number of ether oxygens (including phenoxy) is 2. The van der Waals surface area contributed by atoms with Crippen molar-refractivity contribution >= 4 is 11.9 Å². The van der Waals surface area contributed by atoms with Crippen LogP contribution in [0.15, 0.2) is 42.5 Å². The molecule has 1 aliphatic carbocycles. The molecule has 0 spiro atoms. The minimum atomic E-state index is -0.0536. The Kier molecular flexibility index (Phi) is 5.40. The lowest BCUT2D eigenvalue weighted by molar-refractivity contribution is -0.136. The Balaban J connectivity index is 1.32. The Labute approximate surface area is 181 Å². The number of hydrogen-bond acceptors (Lipinski definition) is 4. The van der Waals surface area contributed by atoms with Crippen molar-refractivity contribution in [2.45, 2.75) is 25.8 Å². The van der Waals surface area contributed by atoms with Crippen LogP contribution >= 0.6 is 0 Å². The van der Waals surface area contributed by atoms with Gasteiger partial charge in [-0.25, -0.2) is 4.79 Å². The summed E-state index contributed by atoms with van der Waals surface area (Å²) in [6.07, 6.45) is 2.56. The molecule has 3 aliphatic rings. The second-order valence-electron chi connectivity index (χ2n) is 8.37. The van der Waals surface area contributed by atoms with Gasteiger partial charge in [0.2, 0.25) is 12.7 Å². The van der Waals surface area contributed by atoms with Crippen LogP contribution in [0, 0.1) is 5.92 Å². The van der Waals surface area contributed by atoms with Crippen molar-refractivity contribution < 1.29 is 19.1 Å². The number of rotatable bonds is 6. The maximum Gasteiger partial charge on any atom is 0.317 e. The fourth-order valence-electron chi connectivity index (χ4n) is 4.66. The topological polar surface area (TPSA) is 71.1 Å². The third-order valence-corrected chi connectivity index (χ3v) is 6.40. The molecule has 2 heterocycles. The van der Waals surface area contributed by atoms with E-state index in [0.717, 1.165) is 36.3 Å². The molecule has 2 aliphatic heterocycles. The summed E-state index contributed by atoms with van der Waals surface area (Å²) in [5.41, 5.74) is 3.62. The van der Waals surface area contributed by atoms with Crippen molar-refractivity contribution in [3.63, 3.8) is 0 Å². The van der Waals surface area contributed by atoms with Crippen LogP contribution in [0.4, 0.5) is 4.79 Å². The van der Waals surface area contributed by atoms with Gasteiger partial charge in [0.1, 0.15) is 0 Å². The normalized spacial score (nSPS) is 19.2. The molecule has 31 heavy (non-hydrogen) atoms. The predicted octanol–water partition coefficient (Wildman–Crippen LogP) is 2.57. The Morgan fingerprint density at radius 2 is 1.97 bits per heavy atom. The second-order valence-corrected chi connectivity index (χ2v) is 8.37. The lowest BCUT2D eigenvalue weighted by atomic mass is 9.83. The number of aryl methyl sites for hydroxylation is 1. The largest absolute Gasteiger partial charge is 0.454 e. The van der Waals surface area contributed by atoms with Crippen molar-refractivity contribution in [3.05, 3.63) is 59.2 Å². The fraction of sp³-hybridized carbons (Fsp3) is 0.417. The van der Waals surface area contributed by atoms with E-state index in [-0.39, 0.29) is 24.6 Å². The van der Waals surface area contributed by atoms with Crippen LogP contribution < -0.4 is 14.8 Å². The highest BCUT2D eigenvalue weighted by Crippen LogP contribution is 2.33. The molecular formula is C24H27N3O4. The van der Waals surface area contributed by atoms with Gasteiger partial charge in [-0.2, -0.15) is 0 Å². The zero-order valence-corrected chi connectivity index (χ0v) is 17.5. The van der Waals surface area contributed by atoms with E-state index < -0.39 is 0 Å². The molecule has 1 N–H and O–H groups in total. The summed E-state index contributed by atoms with van der Waals surface area (Å²) in [7, 11) is 0. The number of carbonyl (C=O) groups is 2. The molecule has 1 atom stereocenters. The van der Waals surface area contributed by atoms with E-state index in [2.05, 4.69) is 23.5 Å². The SMILES string of the molecule is O=C1NCCN1CCN(Cc1ccc2c(c1)OCO2)C(=O)[C@H]1CCc2ccccc2C1. The predicted molar refractivity (Wildman–Crippen MR) is 115 cm³/mol. The molecule has 162 valence electrons. The van der Waals surface area contributed by atoms with Crippen LogP contribution in [0.2, 0.25) is 0 Å². The molecule has 2 aromatic carbocycles. The van der Waals surface area contributed by atoms with Crippen molar-refractivity contribution in [1.29, 1.82) is 0 Å². The molecule has 0 aromatic heterocycles. The van der Waals surface area contributed by atoms with Crippen molar-refractivity contribution in [1.82, 2.24) is 15.1 Å². The quantitative estimate of drug-likeness (QED) is 0.778. The number of fused-ring (bicyclic) bond motifs is 2. The van der Waals surface area contributed by atoms with Crippen LogP contribution in [0.3, 0.4) is 0 Å². The van der Waals surface area contributed by atoms with Gasteiger partial charge >= 0.3 is 6.03 Å². The van der Waals surface area contributed by atoms with E-state index >= 15 is 0 Å². The summed E-state index contributed by atoms with van der Waals surface area (Å²) in [4.78, 5) is 29.2. The molecule has 0 radical (unpaired) electrons. The average molecular weight is 421 g/mol. The first-order valence-electron chi connectivity index (χ1n) is 10.9. The highest BCUT2D eigenvalue weighted by Gasteiger charge is 2.30. The molecule has 0 saturated carbocycles. The first kappa shape index (κ1) is 19.7. The lowest BCUT2D eigenvalue weighted by Gasteiger charge is -2.31. The molecule has 0 bridgehead atoms. The number of carbonyl (C=O) groups excluding carboxylic acids is 2. The zero-order chi connectivity index (χ0) is 21.2. The van der Waals surface area contributed by atoms with Gasteiger partial charge in [-0.3, -0.25) is 4.79 Å². The summed E-state index contributed by atoms with van der Waals surface area (Å²) in [5.74, 6) is 1.58. The highest BCUT2D eigenvalue weighted by molar-refractivity contribution is 5.80. The molecular weight excluding hydrogens is 394 g/mol. The maximum absolute atomic E-state index is 13.6. The molecule has 0 unspecified atom stereocenters. The van der Waals surface area contributed by atoms with Gasteiger partial charge in [-0.05, 0) is 48.1 Å². The van der Waals surface area contributed by atoms with E-state index in [4.69, 9.17) is 9.47 Å². The smallest absolute Gasteiger partial charge is 0.317 e. The molecule has 1 saturated heterocycles. The van der Waals surface area contributed by atoms with Gasteiger partial charge in [0.25, 0.3) is 0 Å². The van der Waals surface area contributed by atoms with Gasteiger partial charge in [0, 0.05) is 38.6 Å². The molecule has 1 fully saturated rings. The number of amides is 3. The standard InChI is InChI=1S/C24H27N3O4/c28-23(20-7-6-18-3-1-2-4-19(18)14-20)27(12-11-26-10-9-25-24(26)29)15-17-5-8-21-22(13-17)31-16-30-21/h1-5,8,13,20H,6-7,9-12,14-16H2,(H,25,29)/t20-/m0/s1. The van der Waals surface area contributed by atoms with Crippen LogP contribution in [-0.2, 0) is 24.2 Å². The molecule has 3 amide bonds. The van der Waals surface area contributed by atoms with Crippen molar-refractivity contribution in [2.75, 3.05) is 33.0 Å². The summed E-state index contributed by atoms with van der Waals surface area (Å²) < 4.78 is 10.9. The maximum atomic E-state index is 13.6. The van der Waals surface area contributed by atoms with E-state index in [9.17, 15) is 9.59 Å². The first-order valence-corrected chi connectivity index (χ1v) is 10.9. The summed E-state index contributed by atoms with van der Waals surface area (Å²) >= 11 is 0. The third kappa shape index (κ3) is 4.17. The molecule has 7 nitrogen and oxygen atoms in total. The van der Waals surface area contributed by atoms with E-state index in [1.54, 1.807) is 4.90 Å². The number of benzene rings is 2. The first-order chi connectivity index (χ1) is 15.2. The van der Waals surface area contributed by atoms with E-state index in [1.807, 2.05) is 29.2 Å². The number of urea groups is 1. The van der Waals surface area contributed by atoms with Crippen LogP contribution in [0.25, 0.3) is 0 Å². The number of nitrogens with zero attached hydrogens (tertiary/aromatic N) is 2. The Morgan fingerprint density at radius 3 is 2.81 bits per heavy atom. The summed E-state index contributed by atoms with van der Waals surface area (Å²) in [5, 5.41) is 2.83. The van der Waals surface area contributed by atoms with Crippen molar-refractivity contribution in [3.8, 4) is 11.5 Å². The van der Waals surface area contributed by atoms with Gasteiger partial charge in [-0.15, -0.1) is 0 Å². The molecule has 2 aromatic rings. The molecule has 5 rings (SSSR count). The van der Waals surface area contributed by atoms with Crippen LogP contribution in [0.5, 0.6) is 11.5 Å². The lowest BCUT2D eigenvalue weighted by Crippen LogP contribution is -2.43. The minimum absolute atomic E-state index is 0.0312. The molecule has 7 heteroatoms. The van der Waals surface area contributed by atoms with E-state index in [0.29, 0.717) is 32.7 Å². The van der Waals surface area contributed by atoms with Crippen molar-refractivity contribution in [2.24, 2.45) is 5.92 Å². The highest BCUT2D eigenvalue weighted by atomic mass is 16.7. The fourth-order valence-corrected chi connectivity index (χ4v) is 4.66. The number of hydrogen-bond donors (Lipinski definition) is 1. The summed E-state index contributed by atoms with van der Waals surface area (Å²) in [6.45, 7) is 3.11. The summed E-state index contributed by atoms with van der Waals surface area (Å²) in [6, 6.07) is 14.2.